The summed E-state index contributed by atoms with van der Waals surface area (Å²) < 4.78 is 0. The predicted molar refractivity (Wildman–Crippen MR) is 68.9 cm³/mol. The molecular weight excluding hydrogens is 232 g/mol. The maximum absolute atomic E-state index is 10.3. The molecule has 0 aliphatic heterocycles. The number of hydrogen-bond donors (Lipinski definition) is 2. The summed E-state index contributed by atoms with van der Waals surface area (Å²) in [5, 5.41) is 10.3. The number of hydrogen-bond acceptors (Lipinski definition) is 4. The molecule has 0 aliphatic carbocycles. The SMILES string of the molecule is CCCc1nc(C(C)(O)CC)c(COOCC)[nH]1. The molecule has 1 heterocycles. The van der Waals surface area contributed by atoms with Crippen LogP contribution in [0.5, 0.6) is 0 Å². The molecule has 0 radical (unpaired) electrons. The van der Waals surface area contributed by atoms with Gasteiger partial charge in [-0.15, -0.1) is 0 Å². The van der Waals surface area contributed by atoms with Crippen molar-refractivity contribution >= 4 is 0 Å². The molecule has 1 aromatic rings. The summed E-state index contributed by atoms with van der Waals surface area (Å²) in [4.78, 5) is 17.6. The molecule has 1 aromatic heterocycles. The Balaban J connectivity index is 2.90. The number of rotatable bonds is 8. The van der Waals surface area contributed by atoms with E-state index in [4.69, 9.17) is 9.78 Å². The molecule has 5 nitrogen and oxygen atoms in total. The van der Waals surface area contributed by atoms with Gasteiger partial charge in [0.05, 0.1) is 18.0 Å². The third-order valence-electron chi connectivity index (χ3n) is 2.92. The summed E-state index contributed by atoms with van der Waals surface area (Å²) in [6.07, 6.45) is 2.47. The molecule has 0 saturated carbocycles. The predicted octanol–water partition coefficient (Wildman–Crippen LogP) is 2.45. The number of imidazole rings is 1. The molecule has 1 unspecified atom stereocenters. The quantitative estimate of drug-likeness (QED) is 0.426. The lowest BCUT2D eigenvalue weighted by atomic mass is 9.98. The van der Waals surface area contributed by atoms with Crippen LogP contribution in [-0.4, -0.2) is 21.7 Å². The van der Waals surface area contributed by atoms with Gasteiger partial charge in [-0.1, -0.05) is 13.8 Å². The molecule has 1 atom stereocenters. The third-order valence-corrected chi connectivity index (χ3v) is 2.92. The van der Waals surface area contributed by atoms with Crippen LogP contribution in [0.2, 0.25) is 0 Å². The van der Waals surface area contributed by atoms with Crippen molar-refractivity contribution in [3.63, 3.8) is 0 Å². The van der Waals surface area contributed by atoms with Gasteiger partial charge in [-0.3, -0.25) is 0 Å². The van der Waals surface area contributed by atoms with Gasteiger partial charge in [-0.25, -0.2) is 14.8 Å². The van der Waals surface area contributed by atoms with Crippen molar-refractivity contribution in [2.24, 2.45) is 0 Å². The lowest BCUT2D eigenvalue weighted by Crippen LogP contribution is -2.22. The Morgan fingerprint density at radius 2 is 2.00 bits per heavy atom. The average Bonchev–Trinajstić information content (AvgIpc) is 2.74. The number of aryl methyl sites for hydroxylation is 1. The van der Waals surface area contributed by atoms with Crippen LogP contribution in [-0.2, 0) is 28.4 Å². The van der Waals surface area contributed by atoms with Crippen LogP contribution in [0.25, 0.3) is 0 Å². The monoisotopic (exact) mass is 256 g/mol. The van der Waals surface area contributed by atoms with E-state index in [2.05, 4.69) is 16.9 Å². The van der Waals surface area contributed by atoms with Gasteiger partial charge < -0.3 is 10.1 Å². The van der Waals surface area contributed by atoms with Gasteiger partial charge in [0, 0.05) is 6.42 Å². The van der Waals surface area contributed by atoms with Crippen LogP contribution < -0.4 is 0 Å². The van der Waals surface area contributed by atoms with E-state index < -0.39 is 5.60 Å². The fourth-order valence-corrected chi connectivity index (χ4v) is 1.72. The summed E-state index contributed by atoms with van der Waals surface area (Å²) in [6, 6.07) is 0. The van der Waals surface area contributed by atoms with Crippen LogP contribution in [0.15, 0.2) is 0 Å². The highest BCUT2D eigenvalue weighted by molar-refractivity contribution is 5.20. The summed E-state index contributed by atoms with van der Waals surface area (Å²) in [7, 11) is 0. The Bertz CT molecular complexity index is 361. The molecule has 0 fully saturated rings. The minimum Gasteiger partial charge on any atom is -0.384 e. The van der Waals surface area contributed by atoms with E-state index in [1.807, 2.05) is 13.8 Å². The lowest BCUT2D eigenvalue weighted by Gasteiger charge is -2.20. The van der Waals surface area contributed by atoms with Gasteiger partial charge in [0.2, 0.25) is 0 Å². The Kier molecular flexibility index (Phi) is 5.78. The number of H-pyrrole nitrogens is 1. The van der Waals surface area contributed by atoms with Gasteiger partial charge >= 0.3 is 0 Å². The van der Waals surface area contributed by atoms with Crippen LogP contribution >= 0.6 is 0 Å². The number of aromatic amines is 1. The van der Waals surface area contributed by atoms with Crippen molar-refractivity contribution in [1.82, 2.24) is 9.97 Å². The summed E-state index contributed by atoms with van der Waals surface area (Å²) in [6.45, 7) is 8.42. The second-order valence-electron chi connectivity index (χ2n) is 4.56. The standard InChI is InChI=1S/C13H24N2O3/c1-5-8-11-14-10(9-18-17-7-3)12(15-11)13(4,16)6-2/h16H,5-9H2,1-4H3,(H,14,15). The second-order valence-corrected chi connectivity index (χ2v) is 4.56. The number of nitrogens with zero attached hydrogens (tertiary/aromatic N) is 1. The van der Waals surface area contributed by atoms with Crippen molar-refractivity contribution in [2.45, 2.75) is 59.2 Å². The minimum atomic E-state index is -0.937. The van der Waals surface area contributed by atoms with E-state index in [1.165, 1.54) is 0 Å². The maximum atomic E-state index is 10.3. The first-order valence-corrected chi connectivity index (χ1v) is 6.60. The van der Waals surface area contributed by atoms with E-state index in [-0.39, 0.29) is 6.61 Å². The van der Waals surface area contributed by atoms with Crippen LogP contribution in [0.1, 0.15) is 57.7 Å². The summed E-state index contributed by atoms with van der Waals surface area (Å²) in [5.41, 5.74) is 0.514. The van der Waals surface area contributed by atoms with E-state index in [9.17, 15) is 5.11 Å². The van der Waals surface area contributed by atoms with Crippen LogP contribution in [0.3, 0.4) is 0 Å². The summed E-state index contributed by atoms with van der Waals surface area (Å²) in [5.74, 6) is 0.885. The third kappa shape index (κ3) is 3.80. The number of aliphatic hydroxyl groups is 1. The molecule has 0 aromatic carbocycles. The van der Waals surface area contributed by atoms with Crippen molar-refractivity contribution in [1.29, 1.82) is 0 Å². The molecule has 0 saturated heterocycles. The molecular formula is C13H24N2O3. The first-order chi connectivity index (χ1) is 8.55. The van der Waals surface area contributed by atoms with Crippen molar-refractivity contribution in [2.75, 3.05) is 6.61 Å². The van der Waals surface area contributed by atoms with Crippen molar-refractivity contribution in [3.05, 3.63) is 17.2 Å². The highest BCUT2D eigenvalue weighted by Gasteiger charge is 2.28. The molecule has 2 N–H and O–H groups in total. The van der Waals surface area contributed by atoms with Gasteiger partial charge in [0.15, 0.2) is 0 Å². The molecule has 5 heteroatoms. The van der Waals surface area contributed by atoms with Gasteiger partial charge in [0.1, 0.15) is 18.0 Å². The lowest BCUT2D eigenvalue weighted by molar-refractivity contribution is -0.301. The molecule has 0 bridgehead atoms. The van der Waals surface area contributed by atoms with Gasteiger partial charge in [-0.05, 0) is 26.7 Å². The van der Waals surface area contributed by atoms with E-state index >= 15 is 0 Å². The molecule has 0 amide bonds. The Morgan fingerprint density at radius 1 is 1.28 bits per heavy atom. The largest absolute Gasteiger partial charge is 0.384 e. The average molecular weight is 256 g/mol. The van der Waals surface area contributed by atoms with Gasteiger partial charge in [0.25, 0.3) is 0 Å². The van der Waals surface area contributed by atoms with Crippen molar-refractivity contribution in [3.8, 4) is 0 Å². The smallest absolute Gasteiger partial charge is 0.124 e. The highest BCUT2D eigenvalue weighted by atomic mass is 17.2. The zero-order chi connectivity index (χ0) is 13.6. The van der Waals surface area contributed by atoms with E-state index in [1.54, 1.807) is 6.92 Å². The van der Waals surface area contributed by atoms with Crippen LogP contribution in [0, 0.1) is 0 Å². The molecule has 18 heavy (non-hydrogen) atoms. The first-order valence-electron chi connectivity index (χ1n) is 6.60. The molecule has 1 rings (SSSR count). The van der Waals surface area contributed by atoms with E-state index in [0.29, 0.717) is 18.7 Å². The normalized spacial score (nSPS) is 14.7. The van der Waals surface area contributed by atoms with Crippen LogP contribution in [0.4, 0.5) is 0 Å². The summed E-state index contributed by atoms with van der Waals surface area (Å²) >= 11 is 0. The maximum Gasteiger partial charge on any atom is 0.124 e. The fraction of sp³-hybridized carbons (Fsp3) is 0.769. The molecule has 104 valence electrons. The fourth-order valence-electron chi connectivity index (χ4n) is 1.72. The molecule has 0 spiro atoms. The molecule has 0 aliphatic rings. The minimum absolute atomic E-state index is 0.274. The number of nitrogens with one attached hydrogen (secondary N) is 1. The Labute approximate surface area is 108 Å². The first kappa shape index (κ1) is 15.1. The zero-order valence-corrected chi connectivity index (χ0v) is 11.7. The zero-order valence-electron chi connectivity index (χ0n) is 11.7. The second kappa shape index (κ2) is 6.87. The Hall–Kier alpha value is -0.910. The van der Waals surface area contributed by atoms with Gasteiger partial charge in [-0.2, -0.15) is 0 Å². The van der Waals surface area contributed by atoms with E-state index in [0.717, 1.165) is 24.4 Å². The number of aromatic nitrogens is 2. The topological polar surface area (TPSA) is 67.4 Å². The van der Waals surface area contributed by atoms with Crippen molar-refractivity contribution < 1.29 is 14.9 Å². The highest BCUT2D eigenvalue weighted by Crippen LogP contribution is 2.26. The Morgan fingerprint density at radius 3 is 2.56 bits per heavy atom.